The van der Waals surface area contributed by atoms with Gasteiger partial charge in [0.15, 0.2) is 11.6 Å². The lowest BCUT2D eigenvalue weighted by Crippen LogP contribution is -2.41. The summed E-state index contributed by atoms with van der Waals surface area (Å²) in [6, 6.07) is 4.45. The van der Waals surface area contributed by atoms with Gasteiger partial charge in [-0.15, -0.1) is 5.10 Å². The molecule has 0 aliphatic heterocycles. The number of hydrogen-bond acceptors (Lipinski definition) is 4. The molecule has 25 heavy (non-hydrogen) atoms. The van der Waals surface area contributed by atoms with Gasteiger partial charge < -0.3 is 4.74 Å². The minimum absolute atomic E-state index is 0.0153. The summed E-state index contributed by atoms with van der Waals surface area (Å²) in [4.78, 5) is 15.3. The fourth-order valence-corrected chi connectivity index (χ4v) is 2.18. The normalized spacial score (nSPS) is 15.4. The van der Waals surface area contributed by atoms with Crippen molar-refractivity contribution >= 4 is 11.4 Å². The Balaban J connectivity index is 1.76. The maximum atomic E-state index is 12.8. The first-order valence-corrected chi connectivity index (χ1v) is 7.05. The van der Waals surface area contributed by atoms with E-state index in [9.17, 15) is 26.7 Å². The van der Waals surface area contributed by atoms with Crippen LogP contribution in [0.15, 0.2) is 36.7 Å². The quantitative estimate of drug-likeness (QED) is 0.784. The van der Waals surface area contributed by atoms with Crippen LogP contribution < -0.4 is 4.74 Å². The van der Waals surface area contributed by atoms with Crippen molar-refractivity contribution in [3.8, 4) is 11.4 Å². The highest BCUT2D eigenvalue weighted by molar-refractivity contribution is 6.00. The molecule has 0 amide bonds. The molecule has 0 bridgehead atoms. The van der Waals surface area contributed by atoms with Gasteiger partial charge in [0, 0.05) is 12.0 Å². The molecule has 132 valence electrons. The SMILES string of the molecule is O=C1C=C(c2ncn(-c3ccc(OC(F)(F)C(F)(F)F)cc3)n2)CC1. The fourth-order valence-electron chi connectivity index (χ4n) is 2.18. The third-order valence-corrected chi connectivity index (χ3v) is 3.43. The number of alkyl halides is 5. The Morgan fingerprint density at radius 2 is 1.72 bits per heavy atom. The molecule has 0 atom stereocenters. The number of nitrogens with zero attached hydrogens (tertiary/aromatic N) is 3. The Hall–Kier alpha value is -2.78. The number of benzene rings is 1. The van der Waals surface area contributed by atoms with Crippen LogP contribution in [0.4, 0.5) is 22.0 Å². The van der Waals surface area contributed by atoms with Crippen molar-refractivity contribution in [3.63, 3.8) is 0 Å². The van der Waals surface area contributed by atoms with Crippen LogP contribution in [0.25, 0.3) is 11.3 Å². The minimum Gasteiger partial charge on any atom is -0.426 e. The van der Waals surface area contributed by atoms with E-state index < -0.39 is 18.0 Å². The average molecular weight is 359 g/mol. The molecule has 3 rings (SSSR count). The van der Waals surface area contributed by atoms with Crippen LogP contribution in [-0.4, -0.2) is 32.8 Å². The highest BCUT2D eigenvalue weighted by Gasteiger charge is 2.61. The number of allylic oxidation sites excluding steroid dienone is 2. The van der Waals surface area contributed by atoms with Crippen molar-refractivity contribution < 1.29 is 31.5 Å². The summed E-state index contributed by atoms with van der Waals surface area (Å²) in [6.45, 7) is 0. The molecule has 0 spiro atoms. The number of carbonyl (C=O) groups is 1. The average Bonchev–Trinajstić information content (AvgIpc) is 3.15. The summed E-state index contributed by atoms with van der Waals surface area (Å²) >= 11 is 0. The largest absolute Gasteiger partial charge is 0.499 e. The first-order chi connectivity index (χ1) is 11.7. The van der Waals surface area contributed by atoms with Gasteiger partial charge >= 0.3 is 12.3 Å². The van der Waals surface area contributed by atoms with E-state index in [1.165, 1.54) is 29.2 Å². The van der Waals surface area contributed by atoms with Crippen molar-refractivity contribution in [2.75, 3.05) is 0 Å². The van der Waals surface area contributed by atoms with Gasteiger partial charge in [0.2, 0.25) is 0 Å². The van der Waals surface area contributed by atoms with E-state index in [1.807, 2.05) is 0 Å². The Morgan fingerprint density at radius 1 is 1.04 bits per heavy atom. The minimum atomic E-state index is -5.81. The monoisotopic (exact) mass is 359 g/mol. The lowest BCUT2D eigenvalue weighted by molar-refractivity contribution is -0.360. The maximum Gasteiger partial charge on any atom is 0.499 e. The van der Waals surface area contributed by atoms with E-state index >= 15 is 0 Å². The molecule has 1 aliphatic rings. The topological polar surface area (TPSA) is 57.0 Å². The molecule has 5 nitrogen and oxygen atoms in total. The number of ether oxygens (including phenoxy) is 1. The van der Waals surface area contributed by atoms with Gasteiger partial charge in [-0.2, -0.15) is 22.0 Å². The fraction of sp³-hybridized carbons (Fsp3) is 0.267. The zero-order valence-electron chi connectivity index (χ0n) is 12.4. The number of hydrogen-bond donors (Lipinski definition) is 0. The van der Waals surface area contributed by atoms with Crippen LogP contribution in [-0.2, 0) is 4.79 Å². The molecule has 0 radical (unpaired) electrons. The van der Waals surface area contributed by atoms with Gasteiger partial charge in [0.1, 0.15) is 12.1 Å². The Morgan fingerprint density at radius 3 is 2.28 bits per heavy atom. The summed E-state index contributed by atoms with van der Waals surface area (Å²) < 4.78 is 67.0. The van der Waals surface area contributed by atoms with Crippen molar-refractivity contribution in [2.45, 2.75) is 25.1 Å². The molecule has 1 aliphatic carbocycles. The van der Waals surface area contributed by atoms with Gasteiger partial charge in [0.25, 0.3) is 0 Å². The molecule has 1 aromatic carbocycles. The van der Waals surface area contributed by atoms with E-state index in [0.29, 0.717) is 29.9 Å². The van der Waals surface area contributed by atoms with E-state index in [1.54, 1.807) is 0 Å². The first-order valence-electron chi connectivity index (χ1n) is 7.05. The Kier molecular flexibility index (Phi) is 4.05. The molecular formula is C15H10F5N3O2. The molecule has 0 saturated heterocycles. The lowest BCUT2D eigenvalue weighted by Gasteiger charge is -2.20. The van der Waals surface area contributed by atoms with Crippen LogP contribution in [0.1, 0.15) is 18.7 Å². The molecule has 10 heteroatoms. The third-order valence-electron chi connectivity index (χ3n) is 3.43. The first kappa shape index (κ1) is 17.1. The molecule has 0 unspecified atom stereocenters. The summed E-state index contributed by atoms with van der Waals surface area (Å²) in [6.07, 6.45) is -7.37. The van der Waals surface area contributed by atoms with Gasteiger partial charge in [-0.3, -0.25) is 4.79 Å². The van der Waals surface area contributed by atoms with Gasteiger partial charge in [-0.05, 0) is 36.8 Å². The number of halogens is 5. The Labute approximate surface area is 137 Å². The summed E-state index contributed by atoms with van der Waals surface area (Å²) in [7, 11) is 0. The molecule has 0 saturated carbocycles. The molecule has 2 aromatic rings. The standard InChI is InChI=1S/C15H10F5N3O2/c16-14(17,18)15(19,20)25-12-5-2-10(3-6-12)23-8-21-13(22-23)9-1-4-11(24)7-9/h2-3,5-8H,1,4H2. The maximum absolute atomic E-state index is 12.8. The number of carbonyl (C=O) groups excluding carboxylic acids is 1. The Bertz CT molecular complexity index is 824. The smallest absolute Gasteiger partial charge is 0.426 e. The molecular weight excluding hydrogens is 349 g/mol. The number of aromatic nitrogens is 3. The van der Waals surface area contributed by atoms with Gasteiger partial charge in [0.05, 0.1) is 5.69 Å². The third kappa shape index (κ3) is 3.52. The second-order valence-corrected chi connectivity index (χ2v) is 5.26. The molecule has 0 N–H and O–H groups in total. The molecule has 1 aromatic heterocycles. The van der Waals surface area contributed by atoms with E-state index in [0.717, 1.165) is 12.1 Å². The molecule has 1 heterocycles. The van der Waals surface area contributed by atoms with E-state index in [2.05, 4.69) is 14.8 Å². The van der Waals surface area contributed by atoms with Gasteiger partial charge in [-0.25, -0.2) is 9.67 Å². The van der Waals surface area contributed by atoms with Crippen molar-refractivity contribution in [2.24, 2.45) is 0 Å². The highest BCUT2D eigenvalue weighted by Crippen LogP contribution is 2.37. The second kappa shape index (κ2) is 5.94. The highest BCUT2D eigenvalue weighted by atomic mass is 19.4. The lowest BCUT2D eigenvalue weighted by atomic mass is 10.2. The zero-order chi connectivity index (χ0) is 18.2. The summed E-state index contributed by atoms with van der Waals surface area (Å²) in [5.74, 6) is -0.302. The van der Waals surface area contributed by atoms with Crippen LogP contribution in [0, 0.1) is 0 Å². The van der Waals surface area contributed by atoms with Crippen LogP contribution in [0.3, 0.4) is 0 Å². The predicted octanol–water partition coefficient (Wildman–Crippen LogP) is 3.55. The van der Waals surface area contributed by atoms with Crippen molar-refractivity contribution in [3.05, 3.63) is 42.5 Å². The van der Waals surface area contributed by atoms with Crippen LogP contribution in [0.2, 0.25) is 0 Å². The van der Waals surface area contributed by atoms with Crippen molar-refractivity contribution in [1.82, 2.24) is 14.8 Å². The van der Waals surface area contributed by atoms with E-state index in [4.69, 9.17) is 0 Å². The number of rotatable bonds is 4. The predicted molar refractivity (Wildman–Crippen MR) is 75.2 cm³/mol. The van der Waals surface area contributed by atoms with Gasteiger partial charge in [-0.1, -0.05) is 0 Å². The van der Waals surface area contributed by atoms with E-state index in [-0.39, 0.29) is 5.78 Å². The summed E-state index contributed by atoms with van der Waals surface area (Å²) in [5, 5.41) is 4.16. The summed E-state index contributed by atoms with van der Waals surface area (Å²) in [5.41, 5.74) is 1.07. The second-order valence-electron chi connectivity index (χ2n) is 5.26. The molecule has 0 fully saturated rings. The van der Waals surface area contributed by atoms with Crippen LogP contribution >= 0.6 is 0 Å². The van der Waals surface area contributed by atoms with Crippen LogP contribution in [0.5, 0.6) is 5.75 Å². The van der Waals surface area contributed by atoms with Crippen molar-refractivity contribution in [1.29, 1.82) is 0 Å². The zero-order valence-corrected chi connectivity index (χ0v) is 12.4. The number of ketones is 1.